The summed E-state index contributed by atoms with van der Waals surface area (Å²) in [5.74, 6) is -0.193. The number of aromatic nitrogens is 1. The normalized spacial score (nSPS) is 14.5. The van der Waals surface area contributed by atoms with Crippen LogP contribution in [-0.2, 0) is 17.9 Å². The van der Waals surface area contributed by atoms with Gasteiger partial charge < -0.3 is 15.5 Å². The Morgan fingerprint density at radius 3 is 2.55 bits per heavy atom. The van der Waals surface area contributed by atoms with Crippen molar-refractivity contribution in [3.8, 4) is 0 Å². The van der Waals surface area contributed by atoms with Gasteiger partial charge in [-0.1, -0.05) is 6.07 Å². The van der Waals surface area contributed by atoms with E-state index < -0.39 is 0 Å². The van der Waals surface area contributed by atoms with Gasteiger partial charge in [0.2, 0.25) is 5.91 Å². The average Bonchev–Trinajstić information content (AvgIpc) is 2.71. The van der Waals surface area contributed by atoms with Crippen molar-refractivity contribution in [2.75, 3.05) is 31.5 Å². The van der Waals surface area contributed by atoms with E-state index in [0.717, 1.165) is 11.3 Å². The zero-order valence-corrected chi connectivity index (χ0v) is 16.7. The maximum absolute atomic E-state index is 14.3. The standard InChI is InChI=1S/C21H26FN5O2/c1-15-3-5-19(13-23-15)25-21(29)24-12-17-4-6-20(22)18(11-17)14-26-7-9-27(10-8-26)16(2)28/h3-6,11,13H,7-10,12,14H2,1-2H3,(H2,24,25,29). The number of hydrogen-bond acceptors (Lipinski definition) is 4. The molecule has 1 aromatic carbocycles. The molecule has 2 aromatic rings. The van der Waals surface area contributed by atoms with Gasteiger partial charge in [-0.3, -0.25) is 14.7 Å². The molecule has 1 fully saturated rings. The van der Waals surface area contributed by atoms with Crippen LogP contribution in [0.4, 0.5) is 14.9 Å². The summed E-state index contributed by atoms with van der Waals surface area (Å²) < 4.78 is 14.3. The summed E-state index contributed by atoms with van der Waals surface area (Å²) in [7, 11) is 0. The second-order valence-corrected chi connectivity index (χ2v) is 7.20. The van der Waals surface area contributed by atoms with Crippen molar-refractivity contribution in [2.45, 2.75) is 26.9 Å². The Bertz CT molecular complexity index is 864. The molecule has 3 rings (SSSR count). The number of amides is 3. The molecule has 0 spiro atoms. The molecule has 0 bridgehead atoms. The number of rotatable bonds is 5. The quantitative estimate of drug-likeness (QED) is 0.810. The number of aryl methyl sites for hydroxylation is 1. The zero-order valence-electron chi connectivity index (χ0n) is 16.7. The van der Waals surface area contributed by atoms with Gasteiger partial charge in [0.1, 0.15) is 5.82 Å². The van der Waals surface area contributed by atoms with Crippen molar-refractivity contribution in [1.29, 1.82) is 0 Å². The van der Waals surface area contributed by atoms with Crippen LogP contribution < -0.4 is 10.6 Å². The van der Waals surface area contributed by atoms with Crippen LogP contribution in [-0.4, -0.2) is 52.9 Å². The molecule has 0 aliphatic carbocycles. The zero-order chi connectivity index (χ0) is 20.8. The number of hydrogen-bond donors (Lipinski definition) is 2. The molecule has 1 saturated heterocycles. The highest BCUT2D eigenvalue weighted by molar-refractivity contribution is 5.88. The number of carbonyl (C=O) groups is 2. The monoisotopic (exact) mass is 399 g/mol. The molecule has 3 amide bonds. The summed E-state index contributed by atoms with van der Waals surface area (Å²) in [5, 5.41) is 5.49. The Balaban J connectivity index is 1.52. The van der Waals surface area contributed by atoms with Gasteiger partial charge in [-0.05, 0) is 36.8 Å². The molecule has 2 N–H and O–H groups in total. The lowest BCUT2D eigenvalue weighted by Gasteiger charge is -2.34. The van der Waals surface area contributed by atoms with Crippen molar-refractivity contribution >= 4 is 17.6 Å². The van der Waals surface area contributed by atoms with Gasteiger partial charge in [0.15, 0.2) is 0 Å². The predicted molar refractivity (Wildman–Crippen MR) is 109 cm³/mol. The molecule has 0 unspecified atom stereocenters. The Hall–Kier alpha value is -3.00. The Morgan fingerprint density at radius 2 is 1.90 bits per heavy atom. The Labute approximate surface area is 169 Å². The molecule has 0 radical (unpaired) electrons. The topological polar surface area (TPSA) is 77.6 Å². The largest absolute Gasteiger partial charge is 0.340 e. The summed E-state index contributed by atoms with van der Waals surface area (Å²) in [4.78, 5) is 31.5. The molecule has 154 valence electrons. The first kappa shape index (κ1) is 20.7. The fraction of sp³-hybridized carbons (Fsp3) is 0.381. The van der Waals surface area contributed by atoms with E-state index in [0.29, 0.717) is 44.0 Å². The molecule has 29 heavy (non-hydrogen) atoms. The summed E-state index contributed by atoms with van der Waals surface area (Å²) in [6, 6.07) is 8.13. The number of carbonyl (C=O) groups excluding carboxylic acids is 2. The first-order valence-electron chi connectivity index (χ1n) is 9.63. The van der Waals surface area contributed by atoms with Crippen LogP contribution in [0.5, 0.6) is 0 Å². The van der Waals surface area contributed by atoms with Crippen LogP contribution in [0.25, 0.3) is 0 Å². The maximum atomic E-state index is 14.3. The van der Waals surface area contributed by atoms with E-state index in [1.165, 1.54) is 6.07 Å². The van der Waals surface area contributed by atoms with E-state index in [9.17, 15) is 14.0 Å². The van der Waals surface area contributed by atoms with E-state index >= 15 is 0 Å². The molecule has 1 aliphatic heterocycles. The Morgan fingerprint density at radius 1 is 1.14 bits per heavy atom. The second kappa shape index (κ2) is 9.47. The first-order valence-corrected chi connectivity index (χ1v) is 9.63. The number of pyridine rings is 1. The van der Waals surface area contributed by atoms with Gasteiger partial charge >= 0.3 is 6.03 Å². The molecule has 7 nitrogen and oxygen atoms in total. The predicted octanol–water partition coefficient (Wildman–Crippen LogP) is 2.51. The van der Waals surface area contributed by atoms with Gasteiger partial charge in [-0.25, -0.2) is 9.18 Å². The Kier molecular flexibility index (Phi) is 6.77. The minimum absolute atomic E-state index is 0.0728. The third-order valence-electron chi connectivity index (χ3n) is 4.94. The SMILES string of the molecule is CC(=O)N1CCN(Cc2cc(CNC(=O)Nc3ccc(C)nc3)ccc2F)CC1. The number of benzene rings is 1. The minimum atomic E-state index is -0.345. The van der Waals surface area contributed by atoms with Gasteiger partial charge in [0.05, 0.1) is 11.9 Å². The molecule has 1 aromatic heterocycles. The molecule has 2 heterocycles. The van der Waals surface area contributed by atoms with Gasteiger partial charge in [-0.15, -0.1) is 0 Å². The summed E-state index contributed by atoms with van der Waals surface area (Å²) in [5.41, 5.74) is 2.89. The van der Waals surface area contributed by atoms with Gasteiger partial charge in [-0.2, -0.15) is 0 Å². The third-order valence-corrected chi connectivity index (χ3v) is 4.94. The van der Waals surface area contributed by atoms with Crippen LogP contribution in [0.2, 0.25) is 0 Å². The van der Waals surface area contributed by atoms with Crippen LogP contribution in [0.15, 0.2) is 36.5 Å². The smallest absolute Gasteiger partial charge is 0.319 e. The van der Waals surface area contributed by atoms with Crippen LogP contribution in [0, 0.1) is 12.7 Å². The van der Waals surface area contributed by atoms with E-state index in [2.05, 4.69) is 20.5 Å². The molecule has 0 saturated carbocycles. The van der Waals surface area contributed by atoms with Gasteiger partial charge in [0.25, 0.3) is 0 Å². The summed E-state index contributed by atoms with van der Waals surface area (Å²) in [6.45, 7) is 6.96. The lowest BCUT2D eigenvalue weighted by molar-refractivity contribution is -0.130. The number of halogens is 1. The molecular formula is C21H26FN5O2. The van der Waals surface area contributed by atoms with Crippen LogP contribution >= 0.6 is 0 Å². The van der Waals surface area contributed by atoms with Crippen molar-refractivity contribution in [1.82, 2.24) is 20.1 Å². The highest BCUT2D eigenvalue weighted by atomic mass is 19.1. The third kappa shape index (κ3) is 5.99. The highest BCUT2D eigenvalue weighted by Gasteiger charge is 2.19. The number of piperazine rings is 1. The number of nitrogens with zero attached hydrogens (tertiary/aromatic N) is 3. The first-order chi connectivity index (χ1) is 13.9. The lowest BCUT2D eigenvalue weighted by atomic mass is 10.1. The average molecular weight is 399 g/mol. The fourth-order valence-electron chi connectivity index (χ4n) is 3.22. The van der Waals surface area contributed by atoms with Crippen molar-refractivity contribution in [3.05, 3.63) is 59.2 Å². The number of urea groups is 1. The maximum Gasteiger partial charge on any atom is 0.319 e. The van der Waals surface area contributed by atoms with E-state index in [-0.39, 0.29) is 24.3 Å². The fourth-order valence-corrected chi connectivity index (χ4v) is 3.22. The minimum Gasteiger partial charge on any atom is -0.340 e. The van der Waals surface area contributed by atoms with Crippen LogP contribution in [0.1, 0.15) is 23.7 Å². The van der Waals surface area contributed by atoms with Crippen molar-refractivity contribution < 1.29 is 14.0 Å². The summed E-state index contributed by atoms with van der Waals surface area (Å²) in [6.07, 6.45) is 1.59. The molecule has 1 aliphatic rings. The molecule has 0 atom stereocenters. The van der Waals surface area contributed by atoms with E-state index in [1.54, 1.807) is 36.2 Å². The number of nitrogens with one attached hydrogen (secondary N) is 2. The summed E-state index contributed by atoms with van der Waals surface area (Å²) >= 11 is 0. The molecule has 8 heteroatoms. The highest BCUT2D eigenvalue weighted by Crippen LogP contribution is 2.15. The van der Waals surface area contributed by atoms with Crippen molar-refractivity contribution in [3.63, 3.8) is 0 Å². The lowest BCUT2D eigenvalue weighted by Crippen LogP contribution is -2.47. The van der Waals surface area contributed by atoms with Crippen LogP contribution in [0.3, 0.4) is 0 Å². The second-order valence-electron chi connectivity index (χ2n) is 7.20. The van der Waals surface area contributed by atoms with E-state index in [4.69, 9.17) is 0 Å². The van der Waals surface area contributed by atoms with Gasteiger partial charge in [0, 0.05) is 57.4 Å². The molecular weight excluding hydrogens is 373 g/mol. The number of anilines is 1. The van der Waals surface area contributed by atoms with Crippen molar-refractivity contribution in [2.24, 2.45) is 0 Å². The van der Waals surface area contributed by atoms with E-state index in [1.807, 2.05) is 13.0 Å².